The van der Waals surface area contributed by atoms with Crippen LogP contribution in [0.2, 0.25) is 0 Å². The van der Waals surface area contributed by atoms with Crippen LogP contribution in [0.15, 0.2) is 29.8 Å². The highest BCUT2D eigenvalue weighted by atomic mass is 16.2. The Balaban J connectivity index is 1.70. The maximum Gasteiger partial charge on any atom is 0.228 e. The third kappa shape index (κ3) is 3.22. The number of benzene rings is 1. The van der Waals surface area contributed by atoms with Crippen molar-refractivity contribution in [2.75, 3.05) is 23.3 Å². The zero-order chi connectivity index (χ0) is 17.5. The molecule has 0 aromatic heterocycles. The van der Waals surface area contributed by atoms with E-state index in [9.17, 15) is 4.79 Å². The Morgan fingerprint density at radius 3 is 2.50 bits per heavy atom. The van der Waals surface area contributed by atoms with Crippen LogP contribution in [0.25, 0.3) is 0 Å². The fourth-order valence-corrected chi connectivity index (χ4v) is 4.02. The minimum Gasteiger partial charge on any atom is -0.372 e. The molecule has 1 aliphatic heterocycles. The second-order valence-electron chi connectivity index (χ2n) is 8.25. The van der Waals surface area contributed by atoms with Gasteiger partial charge in [-0.3, -0.25) is 4.79 Å². The molecule has 3 nitrogen and oxygen atoms in total. The summed E-state index contributed by atoms with van der Waals surface area (Å²) in [5.41, 5.74) is 4.71. The van der Waals surface area contributed by atoms with Crippen molar-refractivity contribution in [2.45, 2.75) is 47.5 Å². The number of anilines is 2. The van der Waals surface area contributed by atoms with Crippen LogP contribution in [0.4, 0.5) is 11.4 Å². The largest absolute Gasteiger partial charge is 0.372 e. The van der Waals surface area contributed by atoms with Crippen LogP contribution in [0.3, 0.4) is 0 Å². The van der Waals surface area contributed by atoms with E-state index in [1.807, 2.05) is 0 Å². The molecule has 1 saturated carbocycles. The van der Waals surface area contributed by atoms with Crippen molar-refractivity contribution in [1.29, 1.82) is 0 Å². The Bertz CT molecular complexity index is 664. The summed E-state index contributed by atoms with van der Waals surface area (Å²) in [4.78, 5) is 15.1. The summed E-state index contributed by atoms with van der Waals surface area (Å²) in [6.07, 6.45) is 4.80. The number of nitrogens with zero attached hydrogens (tertiary/aromatic N) is 1. The van der Waals surface area contributed by atoms with E-state index in [-0.39, 0.29) is 17.2 Å². The molecular formula is C21H30N2O. The van der Waals surface area contributed by atoms with Gasteiger partial charge in [0.15, 0.2) is 0 Å². The second kappa shape index (κ2) is 6.27. The lowest BCUT2D eigenvalue weighted by Gasteiger charge is -2.19. The van der Waals surface area contributed by atoms with E-state index in [1.54, 1.807) is 0 Å². The van der Waals surface area contributed by atoms with Crippen molar-refractivity contribution in [3.63, 3.8) is 0 Å². The fraction of sp³-hybridized carbons (Fsp3) is 0.571. The van der Waals surface area contributed by atoms with Crippen LogP contribution in [0.1, 0.15) is 46.1 Å². The van der Waals surface area contributed by atoms with Crippen molar-refractivity contribution in [2.24, 2.45) is 17.3 Å². The minimum atomic E-state index is 0.0603. The van der Waals surface area contributed by atoms with Gasteiger partial charge in [0.1, 0.15) is 0 Å². The van der Waals surface area contributed by atoms with Gasteiger partial charge in [0.25, 0.3) is 0 Å². The lowest BCUT2D eigenvalue weighted by molar-refractivity contribution is -0.118. The van der Waals surface area contributed by atoms with Gasteiger partial charge in [-0.05, 0) is 68.7 Å². The number of allylic oxidation sites excluding steroid dienone is 2. The summed E-state index contributed by atoms with van der Waals surface area (Å²) < 4.78 is 0. The number of amides is 1. The molecule has 3 heteroatoms. The molecule has 0 radical (unpaired) electrons. The summed E-state index contributed by atoms with van der Waals surface area (Å²) in [6.45, 7) is 12.9. The number of nitrogens with one attached hydrogen (secondary N) is 1. The Morgan fingerprint density at radius 2 is 1.92 bits per heavy atom. The van der Waals surface area contributed by atoms with Crippen LogP contribution in [-0.4, -0.2) is 19.0 Å². The Hall–Kier alpha value is -1.77. The van der Waals surface area contributed by atoms with Gasteiger partial charge in [0.2, 0.25) is 5.91 Å². The first-order chi connectivity index (χ1) is 11.3. The van der Waals surface area contributed by atoms with Crippen molar-refractivity contribution in [3.8, 4) is 0 Å². The second-order valence-corrected chi connectivity index (χ2v) is 8.25. The smallest absolute Gasteiger partial charge is 0.228 e. The van der Waals surface area contributed by atoms with Gasteiger partial charge in [-0.15, -0.1) is 0 Å². The normalized spacial score (nSPS) is 24.6. The molecule has 0 spiro atoms. The lowest BCUT2D eigenvalue weighted by atomic mass is 10.1. The molecule has 24 heavy (non-hydrogen) atoms. The minimum absolute atomic E-state index is 0.0603. The number of hydrogen-bond donors (Lipinski definition) is 1. The van der Waals surface area contributed by atoms with E-state index >= 15 is 0 Å². The summed E-state index contributed by atoms with van der Waals surface area (Å²) in [7, 11) is 0. The molecule has 1 aromatic carbocycles. The molecule has 1 saturated heterocycles. The molecular weight excluding hydrogens is 296 g/mol. The quantitative estimate of drug-likeness (QED) is 0.808. The van der Waals surface area contributed by atoms with Crippen LogP contribution in [0, 0.1) is 24.2 Å². The molecule has 1 aliphatic carbocycles. The van der Waals surface area contributed by atoms with Gasteiger partial charge in [-0.2, -0.15) is 0 Å². The lowest BCUT2D eigenvalue weighted by Crippen LogP contribution is -2.19. The Labute approximate surface area is 146 Å². The van der Waals surface area contributed by atoms with Crippen LogP contribution in [-0.2, 0) is 4.79 Å². The Morgan fingerprint density at radius 1 is 1.25 bits per heavy atom. The van der Waals surface area contributed by atoms with Gasteiger partial charge in [-0.25, -0.2) is 0 Å². The number of carbonyl (C=O) groups is 1. The molecule has 2 aliphatic rings. The number of rotatable bonds is 4. The third-order valence-electron chi connectivity index (χ3n) is 5.65. The number of hydrogen-bond acceptors (Lipinski definition) is 2. The molecule has 1 heterocycles. The van der Waals surface area contributed by atoms with Crippen molar-refractivity contribution in [1.82, 2.24) is 0 Å². The third-order valence-corrected chi connectivity index (χ3v) is 5.65. The summed E-state index contributed by atoms with van der Waals surface area (Å²) in [5.74, 6) is 0.580. The highest BCUT2D eigenvalue weighted by molar-refractivity contribution is 5.96. The van der Waals surface area contributed by atoms with Crippen molar-refractivity contribution < 1.29 is 4.79 Å². The predicted molar refractivity (Wildman–Crippen MR) is 101 cm³/mol. The highest BCUT2D eigenvalue weighted by Gasteiger charge is 2.60. The van der Waals surface area contributed by atoms with E-state index in [2.05, 4.69) is 69.1 Å². The van der Waals surface area contributed by atoms with Crippen molar-refractivity contribution >= 4 is 17.3 Å². The van der Waals surface area contributed by atoms with E-state index in [1.165, 1.54) is 24.1 Å². The fourth-order valence-electron chi connectivity index (χ4n) is 4.02. The van der Waals surface area contributed by atoms with E-state index in [0.717, 1.165) is 24.3 Å². The maximum atomic E-state index is 12.7. The molecule has 0 unspecified atom stereocenters. The van der Waals surface area contributed by atoms with Crippen LogP contribution >= 0.6 is 0 Å². The molecule has 0 bridgehead atoms. The monoisotopic (exact) mass is 326 g/mol. The van der Waals surface area contributed by atoms with Gasteiger partial charge in [0.05, 0.1) is 5.92 Å². The van der Waals surface area contributed by atoms with Crippen molar-refractivity contribution in [3.05, 3.63) is 35.4 Å². The summed E-state index contributed by atoms with van der Waals surface area (Å²) in [6, 6.07) is 6.40. The molecule has 1 aromatic rings. The number of carbonyl (C=O) groups excluding carboxylic acids is 1. The first-order valence-corrected chi connectivity index (χ1v) is 9.12. The van der Waals surface area contributed by atoms with Gasteiger partial charge in [0, 0.05) is 24.5 Å². The zero-order valence-corrected chi connectivity index (χ0v) is 15.6. The Kier molecular flexibility index (Phi) is 4.46. The molecule has 1 N–H and O–H groups in total. The van der Waals surface area contributed by atoms with E-state index in [4.69, 9.17) is 0 Å². The SMILES string of the molecule is CC(C)=C[C@H]1[C@@H](C(=O)Nc2ccc(N3CCCC3)cc2C)C1(C)C. The van der Waals surface area contributed by atoms with Crippen LogP contribution < -0.4 is 10.2 Å². The first kappa shape index (κ1) is 17.1. The van der Waals surface area contributed by atoms with Crippen LogP contribution in [0.5, 0.6) is 0 Å². The summed E-state index contributed by atoms with van der Waals surface area (Å²) in [5, 5.41) is 3.16. The van der Waals surface area contributed by atoms with E-state index < -0.39 is 0 Å². The maximum absolute atomic E-state index is 12.7. The molecule has 1 amide bonds. The predicted octanol–water partition coefficient (Wildman–Crippen LogP) is 4.77. The average molecular weight is 326 g/mol. The standard InChI is InChI=1S/C21H30N2O/c1-14(2)12-17-19(21(17,4)5)20(24)22-18-9-8-16(13-15(18)3)23-10-6-7-11-23/h8-9,12-13,17,19H,6-7,10-11H2,1-5H3,(H,22,24)/t17-,19-/m0/s1. The average Bonchev–Trinajstić information content (AvgIpc) is 2.90. The zero-order valence-electron chi connectivity index (χ0n) is 15.6. The van der Waals surface area contributed by atoms with Gasteiger partial charge < -0.3 is 10.2 Å². The topological polar surface area (TPSA) is 32.3 Å². The molecule has 130 valence electrons. The number of aryl methyl sites for hydroxylation is 1. The summed E-state index contributed by atoms with van der Waals surface area (Å²) >= 11 is 0. The molecule has 2 atom stereocenters. The molecule has 2 fully saturated rings. The van der Waals surface area contributed by atoms with E-state index in [0.29, 0.717) is 5.92 Å². The first-order valence-electron chi connectivity index (χ1n) is 9.12. The van der Waals surface area contributed by atoms with Gasteiger partial charge >= 0.3 is 0 Å². The highest BCUT2D eigenvalue weighted by Crippen LogP contribution is 2.59. The van der Waals surface area contributed by atoms with Gasteiger partial charge in [-0.1, -0.05) is 25.5 Å². The molecule has 3 rings (SSSR count).